The second-order valence-corrected chi connectivity index (χ2v) is 8.38. The number of rotatable bonds is 10. The molecule has 0 saturated heterocycles. The highest BCUT2D eigenvalue weighted by molar-refractivity contribution is 7.88. The van der Waals surface area contributed by atoms with Gasteiger partial charge < -0.3 is 5.32 Å². The van der Waals surface area contributed by atoms with Crippen molar-refractivity contribution < 1.29 is 8.42 Å². The molecule has 0 radical (unpaired) electrons. The van der Waals surface area contributed by atoms with Gasteiger partial charge in [-0.25, -0.2) is 17.7 Å². The van der Waals surface area contributed by atoms with Crippen LogP contribution < -0.4 is 5.32 Å². The van der Waals surface area contributed by atoms with E-state index >= 15 is 0 Å². The van der Waals surface area contributed by atoms with E-state index in [1.807, 2.05) is 37.3 Å². The van der Waals surface area contributed by atoms with Gasteiger partial charge in [0.25, 0.3) is 0 Å². The number of hydrogen-bond donors (Lipinski definition) is 1. The third-order valence-electron chi connectivity index (χ3n) is 4.28. The first-order chi connectivity index (χ1) is 13.8. The number of sulfonamides is 1. The summed E-state index contributed by atoms with van der Waals surface area (Å²) in [5, 5.41) is 12.1. The molecule has 0 aliphatic heterocycles. The normalized spacial score (nSPS) is 11.5. The molecule has 0 fully saturated rings. The molecule has 0 saturated carbocycles. The lowest BCUT2D eigenvalue weighted by molar-refractivity contribution is 0.424. The van der Waals surface area contributed by atoms with E-state index in [1.165, 1.54) is 10.6 Å². The maximum atomic E-state index is 11.6. The Morgan fingerprint density at radius 2 is 2.10 bits per heavy atom. The first-order valence-corrected chi connectivity index (χ1v) is 11.1. The van der Waals surface area contributed by atoms with Crippen LogP contribution in [0.4, 0.5) is 0 Å². The maximum absolute atomic E-state index is 11.6. The standard InChI is InChI=1S/C21H25N5O2S/c1-4-26(29(3,27)28)13-5-11-24-17(2)21-16-23-12-10-19(21)8-6-18-7-9-20(14-22)25-15-18/h6-10,12,15-16,24H,2,4-5,11,13H2,1,3H3/b8-6+. The second-order valence-electron chi connectivity index (χ2n) is 6.40. The summed E-state index contributed by atoms with van der Waals surface area (Å²) in [5.41, 5.74) is 3.78. The lowest BCUT2D eigenvalue weighted by Crippen LogP contribution is -2.32. The number of hydrogen-bond acceptors (Lipinski definition) is 6. The van der Waals surface area contributed by atoms with E-state index in [2.05, 4.69) is 21.9 Å². The van der Waals surface area contributed by atoms with Gasteiger partial charge in [-0.1, -0.05) is 31.7 Å². The summed E-state index contributed by atoms with van der Waals surface area (Å²) < 4.78 is 24.7. The summed E-state index contributed by atoms with van der Waals surface area (Å²) in [6.45, 7) is 7.43. The van der Waals surface area contributed by atoms with E-state index in [1.54, 1.807) is 24.7 Å². The topological polar surface area (TPSA) is 99.0 Å². The molecule has 0 bridgehead atoms. The van der Waals surface area contributed by atoms with Crippen LogP contribution in [0.1, 0.15) is 35.7 Å². The van der Waals surface area contributed by atoms with Crippen molar-refractivity contribution in [1.82, 2.24) is 19.6 Å². The molecule has 0 spiro atoms. The van der Waals surface area contributed by atoms with Gasteiger partial charge in [-0.05, 0) is 29.7 Å². The number of nitrogens with zero attached hydrogens (tertiary/aromatic N) is 4. The van der Waals surface area contributed by atoms with Crippen LogP contribution in [0.25, 0.3) is 17.8 Å². The summed E-state index contributed by atoms with van der Waals surface area (Å²) in [5.74, 6) is 0. The molecular weight excluding hydrogens is 386 g/mol. The zero-order valence-corrected chi connectivity index (χ0v) is 17.5. The molecule has 7 nitrogen and oxygen atoms in total. The molecule has 152 valence electrons. The molecule has 1 N–H and O–H groups in total. The van der Waals surface area contributed by atoms with Crippen LogP contribution in [0.2, 0.25) is 0 Å². The van der Waals surface area contributed by atoms with Crippen molar-refractivity contribution in [3.8, 4) is 6.07 Å². The van der Waals surface area contributed by atoms with E-state index in [9.17, 15) is 8.42 Å². The third kappa shape index (κ3) is 6.82. The van der Waals surface area contributed by atoms with Gasteiger partial charge in [0.2, 0.25) is 10.0 Å². The van der Waals surface area contributed by atoms with Crippen LogP contribution in [-0.4, -0.2) is 48.6 Å². The van der Waals surface area contributed by atoms with Gasteiger partial charge >= 0.3 is 0 Å². The average molecular weight is 412 g/mol. The highest BCUT2D eigenvalue weighted by Gasteiger charge is 2.13. The minimum absolute atomic E-state index is 0.377. The summed E-state index contributed by atoms with van der Waals surface area (Å²) in [7, 11) is -3.17. The third-order valence-corrected chi connectivity index (χ3v) is 5.66. The predicted octanol–water partition coefficient (Wildman–Crippen LogP) is 2.75. The Morgan fingerprint density at radius 1 is 1.31 bits per heavy atom. The van der Waals surface area contributed by atoms with E-state index < -0.39 is 10.0 Å². The van der Waals surface area contributed by atoms with Gasteiger partial charge in [0.1, 0.15) is 11.8 Å². The van der Waals surface area contributed by atoms with Crippen molar-refractivity contribution in [2.45, 2.75) is 13.3 Å². The molecule has 2 aromatic heterocycles. The monoisotopic (exact) mass is 411 g/mol. The molecule has 29 heavy (non-hydrogen) atoms. The van der Waals surface area contributed by atoms with Crippen LogP contribution in [0.5, 0.6) is 0 Å². The molecular formula is C21H25N5O2S. The SMILES string of the molecule is C=C(NCCCN(CC)S(C)(=O)=O)c1cnccc1/C=C/c1ccc(C#N)nc1. The van der Waals surface area contributed by atoms with Gasteiger partial charge in [0.15, 0.2) is 0 Å². The summed E-state index contributed by atoms with van der Waals surface area (Å²) in [4.78, 5) is 8.23. The first-order valence-electron chi connectivity index (χ1n) is 9.21. The van der Waals surface area contributed by atoms with Gasteiger partial charge in [0.05, 0.1) is 6.26 Å². The molecule has 0 atom stereocenters. The van der Waals surface area contributed by atoms with Crippen LogP contribution in [0.3, 0.4) is 0 Å². The summed E-state index contributed by atoms with van der Waals surface area (Å²) in [6, 6.07) is 7.38. The van der Waals surface area contributed by atoms with Crippen molar-refractivity contribution in [2.75, 3.05) is 25.9 Å². The van der Waals surface area contributed by atoms with Crippen LogP contribution in [0, 0.1) is 11.3 Å². The van der Waals surface area contributed by atoms with Crippen molar-refractivity contribution in [3.05, 3.63) is 65.8 Å². The van der Waals surface area contributed by atoms with Gasteiger partial charge in [0, 0.05) is 49.5 Å². The lowest BCUT2D eigenvalue weighted by Gasteiger charge is -2.18. The Bertz CT molecular complexity index is 1010. The summed E-state index contributed by atoms with van der Waals surface area (Å²) in [6.07, 6.45) is 10.8. The predicted molar refractivity (Wildman–Crippen MR) is 116 cm³/mol. The fraction of sp³-hybridized carbons (Fsp3) is 0.286. The first kappa shape index (κ1) is 22.3. The molecule has 0 aliphatic rings. The Labute approximate surface area is 172 Å². The lowest BCUT2D eigenvalue weighted by atomic mass is 10.1. The zero-order chi connectivity index (χ0) is 21.3. The molecule has 2 aromatic rings. The summed E-state index contributed by atoms with van der Waals surface area (Å²) >= 11 is 0. The average Bonchev–Trinajstić information content (AvgIpc) is 2.71. The van der Waals surface area contributed by atoms with Crippen LogP contribution >= 0.6 is 0 Å². The number of nitriles is 1. The molecule has 0 aliphatic carbocycles. The Kier molecular flexibility index (Phi) is 8.07. The molecule has 2 rings (SSSR count). The molecule has 0 unspecified atom stereocenters. The Morgan fingerprint density at radius 3 is 2.72 bits per heavy atom. The molecule has 2 heterocycles. The maximum Gasteiger partial charge on any atom is 0.211 e. The quantitative estimate of drug-likeness (QED) is 0.604. The molecule has 8 heteroatoms. The number of pyridine rings is 2. The van der Waals surface area contributed by atoms with E-state index in [0.29, 0.717) is 31.7 Å². The van der Waals surface area contributed by atoms with E-state index in [-0.39, 0.29) is 0 Å². The molecule has 0 aromatic carbocycles. The number of aromatic nitrogens is 2. The van der Waals surface area contributed by atoms with Crippen molar-refractivity contribution in [3.63, 3.8) is 0 Å². The van der Waals surface area contributed by atoms with Crippen molar-refractivity contribution in [2.24, 2.45) is 0 Å². The fourth-order valence-electron chi connectivity index (χ4n) is 2.71. The second kappa shape index (κ2) is 10.5. The van der Waals surface area contributed by atoms with E-state index in [0.717, 1.165) is 22.4 Å². The minimum Gasteiger partial charge on any atom is -0.385 e. The smallest absolute Gasteiger partial charge is 0.211 e. The highest BCUT2D eigenvalue weighted by atomic mass is 32.2. The largest absolute Gasteiger partial charge is 0.385 e. The van der Waals surface area contributed by atoms with E-state index in [4.69, 9.17) is 5.26 Å². The van der Waals surface area contributed by atoms with Crippen molar-refractivity contribution in [1.29, 1.82) is 5.26 Å². The van der Waals surface area contributed by atoms with Gasteiger partial charge in [-0.15, -0.1) is 0 Å². The Balaban J connectivity index is 1.99. The minimum atomic E-state index is -3.17. The van der Waals surface area contributed by atoms with Gasteiger partial charge in [-0.2, -0.15) is 5.26 Å². The van der Waals surface area contributed by atoms with Crippen molar-refractivity contribution >= 4 is 27.9 Å². The fourth-order valence-corrected chi connectivity index (χ4v) is 3.64. The molecule has 0 amide bonds. The Hall–Kier alpha value is -3.02. The van der Waals surface area contributed by atoms with Crippen LogP contribution in [0.15, 0.2) is 43.4 Å². The van der Waals surface area contributed by atoms with Crippen LogP contribution in [-0.2, 0) is 10.0 Å². The van der Waals surface area contributed by atoms with Gasteiger partial charge in [-0.3, -0.25) is 4.98 Å². The highest BCUT2D eigenvalue weighted by Crippen LogP contribution is 2.17. The number of nitrogens with one attached hydrogen (secondary N) is 1. The zero-order valence-electron chi connectivity index (χ0n) is 16.7.